The fourth-order valence-electron chi connectivity index (χ4n) is 1.80. The van der Waals surface area contributed by atoms with Crippen LogP contribution < -0.4 is 4.74 Å². The van der Waals surface area contributed by atoms with Gasteiger partial charge < -0.3 is 4.74 Å². The van der Waals surface area contributed by atoms with E-state index in [-0.39, 0.29) is 0 Å². The average molecular weight is 289 g/mol. The van der Waals surface area contributed by atoms with E-state index in [4.69, 9.17) is 16.3 Å². The molecule has 1 aromatic carbocycles. The van der Waals surface area contributed by atoms with E-state index in [0.29, 0.717) is 18.9 Å². The summed E-state index contributed by atoms with van der Waals surface area (Å²) in [4.78, 5) is 0. The van der Waals surface area contributed by atoms with Crippen LogP contribution in [0, 0.1) is 18.8 Å². The van der Waals surface area contributed by atoms with E-state index < -0.39 is 0 Å². The Balaban J connectivity index is 1.94. The lowest BCUT2D eigenvalue weighted by atomic mass is 10.2. The molecule has 0 amide bonds. The molecule has 0 aliphatic heterocycles. The molecule has 0 fully saturated rings. The maximum Gasteiger partial charge on any atom is 0.130 e. The molecule has 20 heavy (non-hydrogen) atoms. The lowest BCUT2D eigenvalue weighted by molar-refractivity contribution is 0.295. The number of hydrogen-bond acceptors (Lipinski definition) is 2. The predicted molar refractivity (Wildman–Crippen MR) is 80.9 cm³/mol. The largest absolute Gasteiger partial charge is 0.487 e. The zero-order valence-electron chi connectivity index (χ0n) is 11.7. The van der Waals surface area contributed by atoms with Gasteiger partial charge in [-0.25, -0.2) is 0 Å². The molecule has 0 radical (unpaired) electrons. The summed E-state index contributed by atoms with van der Waals surface area (Å²) in [6, 6.07) is 9.77. The van der Waals surface area contributed by atoms with Gasteiger partial charge in [0.2, 0.25) is 0 Å². The summed E-state index contributed by atoms with van der Waals surface area (Å²) >= 11 is 5.58. The summed E-state index contributed by atoms with van der Waals surface area (Å²) in [6.45, 7) is 2.48. The molecular formula is C16H17ClN2O. The molecular weight excluding hydrogens is 272 g/mol. The Hall–Kier alpha value is -1.92. The second-order valence-electron chi connectivity index (χ2n) is 4.45. The molecule has 0 aliphatic carbocycles. The highest BCUT2D eigenvalue weighted by molar-refractivity contribution is 6.18. The third kappa shape index (κ3) is 4.04. The fraction of sp³-hybridized carbons (Fsp3) is 0.312. The van der Waals surface area contributed by atoms with E-state index >= 15 is 0 Å². The van der Waals surface area contributed by atoms with Gasteiger partial charge in [-0.15, -0.1) is 11.6 Å². The van der Waals surface area contributed by atoms with Crippen molar-refractivity contribution in [3.05, 3.63) is 47.3 Å². The van der Waals surface area contributed by atoms with E-state index in [0.717, 1.165) is 22.7 Å². The minimum absolute atomic E-state index is 0.509. The Labute approximate surface area is 124 Å². The maximum absolute atomic E-state index is 5.74. The smallest absolute Gasteiger partial charge is 0.130 e. The summed E-state index contributed by atoms with van der Waals surface area (Å²) in [5.41, 5.74) is 3.02. The van der Waals surface area contributed by atoms with Crippen LogP contribution in [-0.4, -0.2) is 15.7 Å². The van der Waals surface area contributed by atoms with Crippen LogP contribution in [0.15, 0.2) is 30.3 Å². The summed E-state index contributed by atoms with van der Waals surface area (Å²) in [7, 11) is 1.92. The van der Waals surface area contributed by atoms with Crippen molar-refractivity contribution in [1.29, 1.82) is 0 Å². The molecule has 0 unspecified atom stereocenters. The number of ether oxygens (including phenoxy) is 1. The normalized spacial score (nSPS) is 9.95. The van der Waals surface area contributed by atoms with E-state index in [1.807, 2.05) is 49.0 Å². The summed E-state index contributed by atoms with van der Waals surface area (Å²) < 4.78 is 7.57. The van der Waals surface area contributed by atoms with E-state index in [1.165, 1.54) is 0 Å². The van der Waals surface area contributed by atoms with Crippen LogP contribution in [0.25, 0.3) is 0 Å². The van der Waals surface area contributed by atoms with Gasteiger partial charge in [0, 0.05) is 24.9 Å². The van der Waals surface area contributed by atoms with Gasteiger partial charge >= 0.3 is 0 Å². The molecule has 2 aromatic rings. The van der Waals surface area contributed by atoms with Gasteiger partial charge in [0.25, 0.3) is 0 Å². The fourth-order valence-corrected chi connectivity index (χ4v) is 1.90. The highest BCUT2D eigenvalue weighted by Gasteiger charge is 2.02. The Bertz CT molecular complexity index is 620. The molecule has 2 rings (SSSR count). The Morgan fingerprint density at radius 2 is 2.05 bits per heavy atom. The second kappa shape index (κ2) is 7.02. The van der Waals surface area contributed by atoms with Gasteiger partial charge in [-0.05, 0) is 37.3 Å². The molecule has 104 valence electrons. The first-order valence-electron chi connectivity index (χ1n) is 6.46. The van der Waals surface area contributed by atoms with Gasteiger partial charge in [-0.2, -0.15) is 5.10 Å². The lowest BCUT2D eigenvalue weighted by Gasteiger charge is -2.06. The van der Waals surface area contributed by atoms with Gasteiger partial charge in [-0.1, -0.05) is 11.8 Å². The number of benzene rings is 1. The van der Waals surface area contributed by atoms with Crippen LogP contribution in [0.4, 0.5) is 0 Å². The Kier molecular flexibility index (Phi) is 5.09. The minimum Gasteiger partial charge on any atom is -0.487 e. The van der Waals surface area contributed by atoms with Crippen molar-refractivity contribution in [3.63, 3.8) is 0 Å². The lowest BCUT2D eigenvalue weighted by Crippen LogP contribution is -2.02. The molecule has 0 saturated heterocycles. The quantitative estimate of drug-likeness (QED) is 0.638. The molecule has 1 aromatic heterocycles. The topological polar surface area (TPSA) is 27.1 Å². The van der Waals surface area contributed by atoms with Crippen molar-refractivity contribution in [1.82, 2.24) is 9.78 Å². The second-order valence-corrected chi connectivity index (χ2v) is 4.83. The number of hydrogen-bond donors (Lipinski definition) is 0. The number of alkyl halides is 1. The molecule has 1 heterocycles. The third-order valence-electron chi connectivity index (χ3n) is 2.79. The van der Waals surface area contributed by atoms with Crippen molar-refractivity contribution in [2.75, 3.05) is 5.88 Å². The molecule has 0 atom stereocenters. The SMILES string of the molecule is Cc1cc(COc2ccc(C#CCCCl)cc2)n(C)n1. The molecule has 0 spiro atoms. The zero-order chi connectivity index (χ0) is 14.4. The predicted octanol–water partition coefficient (Wildman–Crippen LogP) is 3.29. The number of rotatable bonds is 4. The molecule has 3 nitrogen and oxygen atoms in total. The molecule has 0 bridgehead atoms. The number of aromatic nitrogens is 2. The maximum atomic E-state index is 5.74. The van der Waals surface area contributed by atoms with Gasteiger partial charge in [0.05, 0.1) is 11.4 Å². The number of halogens is 1. The Morgan fingerprint density at radius 1 is 1.30 bits per heavy atom. The van der Waals surface area contributed by atoms with Crippen LogP contribution >= 0.6 is 11.6 Å². The first kappa shape index (κ1) is 14.5. The summed E-state index contributed by atoms with van der Waals surface area (Å²) in [5.74, 6) is 7.45. The van der Waals surface area contributed by atoms with Gasteiger partial charge in [0.15, 0.2) is 0 Å². The average Bonchev–Trinajstić information content (AvgIpc) is 2.76. The highest BCUT2D eigenvalue weighted by atomic mass is 35.5. The van der Waals surface area contributed by atoms with Crippen molar-refractivity contribution in [3.8, 4) is 17.6 Å². The number of aryl methyl sites for hydroxylation is 2. The van der Waals surface area contributed by atoms with Crippen molar-refractivity contribution in [2.24, 2.45) is 7.05 Å². The van der Waals surface area contributed by atoms with Crippen molar-refractivity contribution in [2.45, 2.75) is 20.0 Å². The van der Waals surface area contributed by atoms with Gasteiger partial charge in [0.1, 0.15) is 12.4 Å². The van der Waals surface area contributed by atoms with Crippen molar-refractivity contribution < 1.29 is 4.74 Å². The van der Waals surface area contributed by atoms with Crippen LogP contribution in [0.2, 0.25) is 0 Å². The van der Waals surface area contributed by atoms with Crippen LogP contribution in [-0.2, 0) is 13.7 Å². The van der Waals surface area contributed by atoms with Gasteiger partial charge in [-0.3, -0.25) is 4.68 Å². The molecule has 0 N–H and O–H groups in total. The molecule has 0 aliphatic rings. The first-order chi connectivity index (χ1) is 9.69. The standard InChI is InChI=1S/C16H17ClN2O/c1-13-11-15(19(2)18-13)12-20-16-8-6-14(7-9-16)5-3-4-10-17/h6-9,11H,4,10,12H2,1-2H3. The third-order valence-corrected chi connectivity index (χ3v) is 2.98. The highest BCUT2D eigenvalue weighted by Crippen LogP contribution is 2.14. The summed E-state index contributed by atoms with van der Waals surface area (Å²) in [6.07, 6.45) is 0.708. The number of nitrogens with zero attached hydrogens (tertiary/aromatic N) is 2. The molecule has 0 saturated carbocycles. The zero-order valence-corrected chi connectivity index (χ0v) is 12.4. The monoisotopic (exact) mass is 288 g/mol. The van der Waals surface area contributed by atoms with E-state index in [2.05, 4.69) is 16.9 Å². The summed E-state index contributed by atoms with van der Waals surface area (Å²) in [5, 5.41) is 4.29. The Morgan fingerprint density at radius 3 is 2.65 bits per heavy atom. The van der Waals surface area contributed by atoms with Crippen molar-refractivity contribution >= 4 is 11.6 Å². The first-order valence-corrected chi connectivity index (χ1v) is 6.99. The minimum atomic E-state index is 0.509. The van der Waals surface area contributed by atoms with Crippen LogP contribution in [0.1, 0.15) is 23.4 Å². The van der Waals surface area contributed by atoms with E-state index in [1.54, 1.807) is 0 Å². The van der Waals surface area contributed by atoms with E-state index in [9.17, 15) is 0 Å². The van der Waals surface area contributed by atoms with Crippen LogP contribution in [0.5, 0.6) is 5.75 Å². The molecule has 4 heteroatoms. The van der Waals surface area contributed by atoms with Crippen LogP contribution in [0.3, 0.4) is 0 Å².